The normalized spacial score (nSPS) is 12.9. The Balaban J connectivity index is 3.04. The van der Waals surface area contributed by atoms with E-state index in [1.165, 1.54) is 0 Å². The van der Waals surface area contributed by atoms with Crippen molar-refractivity contribution in [3.8, 4) is 5.75 Å². The predicted molar refractivity (Wildman–Crippen MR) is 62.6 cm³/mol. The minimum atomic E-state index is 0.303. The number of phenolic OH excluding ortho intramolecular Hbond substituents is 1. The Labute approximate surface area is 93.3 Å². The molecule has 0 amide bonds. The zero-order chi connectivity index (χ0) is 10.7. The summed E-state index contributed by atoms with van der Waals surface area (Å²) in [4.78, 5) is 0. The molecule has 0 saturated heterocycles. The third kappa shape index (κ3) is 2.28. The fourth-order valence-corrected chi connectivity index (χ4v) is 1.84. The summed E-state index contributed by atoms with van der Waals surface area (Å²) in [5.41, 5.74) is 7.50. The fraction of sp³-hybridized carbons (Fsp3) is 0.455. The van der Waals surface area contributed by atoms with Crippen LogP contribution in [0.1, 0.15) is 30.4 Å². The molecule has 0 radical (unpaired) electrons. The van der Waals surface area contributed by atoms with Crippen molar-refractivity contribution < 1.29 is 5.11 Å². The third-order valence-corrected chi connectivity index (χ3v) is 3.47. The maximum atomic E-state index is 9.89. The first-order valence-corrected chi connectivity index (χ1v) is 5.55. The number of rotatable bonds is 3. The van der Waals surface area contributed by atoms with Crippen LogP contribution < -0.4 is 5.73 Å². The zero-order valence-electron chi connectivity index (χ0n) is 8.55. The molecule has 0 aromatic heterocycles. The average Bonchev–Trinajstić information content (AvgIpc) is 2.15. The van der Waals surface area contributed by atoms with Gasteiger partial charge in [0.1, 0.15) is 5.75 Å². The molecule has 3 N–H and O–H groups in total. The van der Waals surface area contributed by atoms with Crippen LogP contribution in [0.4, 0.5) is 0 Å². The lowest BCUT2D eigenvalue weighted by Crippen LogP contribution is -2.05. The molecule has 14 heavy (non-hydrogen) atoms. The van der Waals surface area contributed by atoms with Crippen LogP contribution in [0, 0.1) is 6.92 Å². The molecule has 1 aromatic carbocycles. The first kappa shape index (κ1) is 11.5. The molecule has 0 aliphatic heterocycles. The molecule has 0 bridgehead atoms. The molecule has 1 rings (SSSR count). The first-order chi connectivity index (χ1) is 6.57. The SMILES string of the molecule is Cc1ccc(C(C)CCN)c(O)c1Br. The summed E-state index contributed by atoms with van der Waals surface area (Å²) in [5.74, 6) is 0.655. The van der Waals surface area contributed by atoms with Crippen LogP contribution in [0.15, 0.2) is 16.6 Å². The fourth-order valence-electron chi connectivity index (χ4n) is 1.48. The van der Waals surface area contributed by atoms with Gasteiger partial charge >= 0.3 is 0 Å². The quantitative estimate of drug-likeness (QED) is 0.875. The summed E-state index contributed by atoms with van der Waals surface area (Å²) in [6.07, 6.45) is 0.892. The van der Waals surface area contributed by atoms with Gasteiger partial charge in [0.2, 0.25) is 0 Å². The second-order valence-corrected chi connectivity index (χ2v) is 4.41. The first-order valence-electron chi connectivity index (χ1n) is 4.76. The summed E-state index contributed by atoms with van der Waals surface area (Å²) in [6.45, 7) is 4.68. The molecule has 78 valence electrons. The van der Waals surface area contributed by atoms with Crippen molar-refractivity contribution in [1.29, 1.82) is 0 Å². The molecule has 0 spiro atoms. The Morgan fingerprint density at radius 2 is 2.14 bits per heavy atom. The second kappa shape index (κ2) is 4.80. The number of aryl methyl sites for hydroxylation is 1. The Morgan fingerprint density at radius 1 is 1.50 bits per heavy atom. The standard InChI is InChI=1S/C11H16BrNO/c1-7(5-6-13)9-4-3-8(2)10(12)11(9)14/h3-4,7,14H,5-6,13H2,1-2H3. The molecule has 0 aliphatic rings. The maximum Gasteiger partial charge on any atom is 0.133 e. The van der Waals surface area contributed by atoms with E-state index in [4.69, 9.17) is 5.73 Å². The topological polar surface area (TPSA) is 46.2 Å². The molecule has 0 aliphatic carbocycles. The van der Waals surface area contributed by atoms with Crippen molar-refractivity contribution in [2.75, 3.05) is 6.54 Å². The second-order valence-electron chi connectivity index (χ2n) is 3.61. The van der Waals surface area contributed by atoms with E-state index in [9.17, 15) is 5.11 Å². The number of benzene rings is 1. The molecule has 1 aromatic rings. The highest BCUT2D eigenvalue weighted by molar-refractivity contribution is 9.10. The van der Waals surface area contributed by atoms with Crippen molar-refractivity contribution in [1.82, 2.24) is 0 Å². The molecule has 1 atom stereocenters. The highest BCUT2D eigenvalue weighted by Crippen LogP contribution is 2.35. The van der Waals surface area contributed by atoms with Gasteiger partial charge in [-0.05, 0) is 52.9 Å². The van der Waals surface area contributed by atoms with Crippen LogP contribution in [-0.4, -0.2) is 11.7 Å². The van der Waals surface area contributed by atoms with Gasteiger partial charge in [0.25, 0.3) is 0 Å². The number of nitrogens with two attached hydrogens (primary N) is 1. The largest absolute Gasteiger partial charge is 0.506 e. The molecule has 0 saturated carbocycles. The predicted octanol–water partition coefficient (Wildman–Crippen LogP) is 2.92. The molecule has 0 heterocycles. The van der Waals surface area contributed by atoms with Crippen molar-refractivity contribution in [2.45, 2.75) is 26.2 Å². The summed E-state index contributed by atoms with van der Waals surface area (Å²) < 4.78 is 0.791. The van der Waals surface area contributed by atoms with Gasteiger partial charge < -0.3 is 10.8 Å². The van der Waals surface area contributed by atoms with Gasteiger partial charge in [-0.3, -0.25) is 0 Å². The highest BCUT2D eigenvalue weighted by atomic mass is 79.9. The number of phenols is 1. The molecular formula is C11H16BrNO. The summed E-state index contributed by atoms with van der Waals surface area (Å²) in [7, 11) is 0. The van der Waals surface area contributed by atoms with Crippen molar-refractivity contribution in [2.24, 2.45) is 5.73 Å². The highest BCUT2D eigenvalue weighted by Gasteiger charge is 2.13. The van der Waals surface area contributed by atoms with E-state index in [-0.39, 0.29) is 0 Å². The van der Waals surface area contributed by atoms with E-state index < -0.39 is 0 Å². The van der Waals surface area contributed by atoms with Crippen LogP contribution >= 0.6 is 15.9 Å². The van der Waals surface area contributed by atoms with Crippen molar-refractivity contribution in [3.63, 3.8) is 0 Å². The van der Waals surface area contributed by atoms with E-state index in [1.807, 2.05) is 19.1 Å². The number of halogens is 1. The minimum Gasteiger partial charge on any atom is -0.506 e. The molecule has 1 unspecified atom stereocenters. The third-order valence-electron chi connectivity index (χ3n) is 2.47. The Hall–Kier alpha value is -0.540. The zero-order valence-corrected chi connectivity index (χ0v) is 10.1. The lowest BCUT2D eigenvalue weighted by molar-refractivity contribution is 0.457. The van der Waals surface area contributed by atoms with E-state index in [0.717, 1.165) is 22.0 Å². The molecule has 2 nitrogen and oxygen atoms in total. The van der Waals surface area contributed by atoms with Crippen LogP contribution in [0.2, 0.25) is 0 Å². The van der Waals surface area contributed by atoms with Gasteiger partial charge in [0.15, 0.2) is 0 Å². The number of hydrogen-bond acceptors (Lipinski definition) is 2. The Morgan fingerprint density at radius 3 is 2.71 bits per heavy atom. The van der Waals surface area contributed by atoms with Crippen LogP contribution in [0.5, 0.6) is 5.75 Å². The summed E-state index contributed by atoms with van der Waals surface area (Å²) >= 11 is 3.37. The number of hydrogen-bond donors (Lipinski definition) is 2. The van der Waals surface area contributed by atoms with E-state index >= 15 is 0 Å². The van der Waals surface area contributed by atoms with Crippen LogP contribution in [0.25, 0.3) is 0 Å². The molecule has 0 fully saturated rings. The van der Waals surface area contributed by atoms with E-state index in [0.29, 0.717) is 18.2 Å². The van der Waals surface area contributed by atoms with Crippen molar-refractivity contribution >= 4 is 15.9 Å². The van der Waals surface area contributed by atoms with Gasteiger partial charge in [-0.2, -0.15) is 0 Å². The van der Waals surface area contributed by atoms with E-state index in [2.05, 4.69) is 22.9 Å². The van der Waals surface area contributed by atoms with Crippen molar-refractivity contribution in [3.05, 3.63) is 27.7 Å². The lowest BCUT2D eigenvalue weighted by atomic mass is 9.96. The van der Waals surface area contributed by atoms with E-state index in [1.54, 1.807) is 0 Å². The Kier molecular flexibility index (Phi) is 3.96. The molecular weight excluding hydrogens is 242 g/mol. The van der Waals surface area contributed by atoms with Gasteiger partial charge in [-0.1, -0.05) is 19.1 Å². The summed E-state index contributed by atoms with van der Waals surface area (Å²) in [5, 5.41) is 9.89. The smallest absolute Gasteiger partial charge is 0.133 e. The average molecular weight is 258 g/mol. The summed E-state index contributed by atoms with van der Waals surface area (Å²) in [6, 6.07) is 3.97. The maximum absolute atomic E-state index is 9.89. The number of aromatic hydroxyl groups is 1. The van der Waals surface area contributed by atoms with Gasteiger partial charge in [-0.25, -0.2) is 0 Å². The van der Waals surface area contributed by atoms with Gasteiger partial charge in [0.05, 0.1) is 4.47 Å². The monoisotopic (exact) mass is 257 g/mol. The van der Waals surface area contributed by atoms with Crippen LogP contribution in [0.3, 0.4) is 0 Å². The van der Waals surface area contributed by atoms with Crippen LogP contribution in [-0.2, 0) is 0 Å². The minimum absolute atomic E-state index is 0.303. The lowest BCUT2D eigenvalue weighted by Gasteiger charge is -2.14. The van der Waals surface area contributed by atoms with Gasteiger partial charge in [0, 0.05) is 0 Å². The Bertz CT molecular complexity index is 325. The molecule has 3 heteroatoms. The van der Waals surface area contributed by atoms with Gasteiger partial charge in [-0.15, -0.1) is 0 Å².